The highest BCUT2D eigenvalue weighted by Gasteiger charge is 2.29. The van der Waals surface area contributed by atoms with Gasteiger partial charge in [0.15, 0.2) is 0 Å². The topological polar surface area (TPSA) is 358 Å². The first kappa shape index (κ1) is 101. The number of hydrogen-bond acceptors (Lipinski definition) is 17. The number of aryl methyl sites for hydroxylation is 7. The highest BCUT2D eigenvalue weighted by Crippen LogP contribution is 2.43. The molecule has 17 rings (SSSR count). The first-order valence-corrected chi connectivity index (χ1v) is 47.4. The highest BCUT2D eigenvalue weighted by atomic mass is 16.5. The predicted octanol–water partition coefficient (Wildman–Crippen LogP) is 25.3. The van der Waals surface area contributed by atoms with Crippen LogP contribution < -0.4 is 45.9 Å². The van der Waals surface area contributed by atoms with Crippen LogP contribution in [0.15, 0.2) is 223 Å². The Morgan fingerprint density at radius 3 is 0.964 bits per heavy atom. The van der Waals surface area contributed by atoms with Crippen LogP contribution in [0.4, 0.5) is 28.4 Å². The van der Waals surface area contributed by atoms with Crippen LogP contribution in [0.3, 0.4) is 0 Å². The van der Waals surface area contributed by atoms with Crippen LogP contribution in [0.2, 0.25) is 0 Å². The van der Waals surface area contributed by atoms with E-state index in [1.54, 1.807) is 13.8 Å². The van der Waals surface area contributed by atoms with E-state index in [2.05, 4.69) is 114 Å². The summed E-state index contributed by atoms with van der Waals surface area (Å²) in [6.45, 7) is 35.3. The summed E-state index contributed by atoms with van der Waals surface area (Å²) in [5, 5.41) is 69.1. The molecule has 4 amide bonds. The van der Waals surface area contributed by atoms with E-state index in [0.29, 0.717) is 74.9 Å². The van der Waals surface area contributed by atoms with E-state index < -0.39 is 0 Å². The van der Waals surface area contributed by atoms with Crippen LogP contribution in [0, 0.1) is 76.4 Å². The maximum atomic E-state index is 12.5. The first-order valence-electron chi connectivity index (χ1n) is 47.4. The lowest BCUT2D eigenvalue weighted by Crippen LogP contribution is -2.27. The van der Waals surface area contributed by atoms with E-state index in [9.17, 15) is 45.5 Å². The average molecular weight is 1870 g/mol. The molecule has 10 aromatic carbocycles. The molecular weight excluding hydrogens is 1750 g/mol. The molecule has 140 heavy (non-hydrogen) atoms. The van der Waals surface area contributed by atoms with Crippen molar-refractivity contribution >= 4 is 107 Å². The Balaban J connectivity index is 0.000000148. The minimum Gasteiger partial charge on any atom is -0.491 e. The van der Waals surface area contributed by atoms with Gasteiger partial charge >= 0.3 is 0 Å². The summed E-state index contributed by atoms with van der Waals surface area (Å²) in [4.78, 5) is 48.0. The Hall–Kier alpha value is -16.6. The molecule has 16 aromatic rings. The van der Waals surface area contributed by atoms with Crippen LogP contribution in [-0.2, 0) is 51.8 Å². The number of benzene rings is 10. The molecule has 0 unspecified atom stereocenters. The number of rotatable bonds is 27. The van der Waals surface area contributed by atoms with Crippen LogP contribution >= 0.6 is 0 Å². The van der Waals surface area contributed by atoms with Crippen LogP contribution in [0.1, 0.15) is 172 Å². The van der Waals surface area contributed by atoms with E-state index in [-0.39, 0.29) is 60.6 Å². The Morgan fingerprint density at radius 1 is 0.393 bits per heavy atom. The molecule has 26 nitrogen and oxygen atoms in total. The molecule has 0 bridgehead atoms. The number of nitrogens with one attached hydrogen (secondary N) is 4. The Morgan fingerprint density at radius 2 is 0.686 bits per heavy atom. The van der Waals surface area contributed by atoms with Gasteiger partial charge in [0.2, 0.25) is 17.7 Å². The summed E-state index contributed by atoms with van der Waals surface area (Å²) in [6.07, 6.45) is 3.90. The number of methoxy groups -OCH3 is 1. The number of anilines is 5. The zero-order chi connectivity index (χ0) is 100. The second-order valence-corrected chi connectivity index (χ2v) is 34.9. The normalized spacial score (nSPS) is 11.5. The van der Waals surface area contributed by atoms with Crippen molar-refractivity contribution in [2.75, 3.05) is 40.7 Å². The number of para-hydroxylation sites is 1. The Bertz CT molecular complexity index is 7410. The van der Waals surface area contributed by atoms with Gasteiger partial charge in [0.05, 0.1) is 108 Å². The minimum absolute atomic E-state index is 0.00515. The average Bonchev–Trinajstić information content (AvgIpc) is 1.63. The number of fused-ring (bicyclic) bond motifs is 5. The van der Waals surface area contributed by atoms with Gasteiger partial charge < -0.3 is 78.0 Å². The van der Waals surface area contributed by atoms with Crippen LogP contribution in [-0.4, -0.2) is 89.8 Å². The number of ether oxygens (including phenoxy) is 5. The van der Waals surface area contributed by atoms with Crippen LogP contribution in [0.5, 0.6) is 23.0 Å². The smallest absolute Gasteiger partial charge is 0.261 e. The van der Waals surface area contributed by atoms with Gasteiger partial charge in [-0.25, -0.2) is 0 Å². The fourth-order valence-corrected chi connectivity index (χ4v) is 17.7. The molecule has 1 saturated carbocycles. The molecule has 0 spiro atoms. The number of nitriles is 5. The lowest BCUT2D eigenvalue weighted by molar-refractivity contribution is -0.122. The number of hydrogen-bond donors (Lipinski definition) is 5. The lowest BCUT2D eigenvalue weighted by Gasteiger charge is -2.24. The fourth-order valence-electron chi connectivity index (χ4n) is 17.7. The van der Waals surface area contributed by atoms with Gasteiger partial charge in [0.25, 0.3) is 5.91 Å². The molecule has 26 heteroatoms. The quantitative estimate of drug-likeness (QED) is 0.0299. The highest BCUT2D eigenvalue weighted by molar-refractivity contribution is 6.06. The largest absolute Gasteiger partial charge is 0.491 e. The van der Waals surface area contributed by atoms with Gasteiger partial charge in [-0.15, -0.1) is 0 Å². The molecule has 0 saturated heterocycles. The summed E-state index contributed by atoms with van der Waals surface area (Å²) >= 11 is 0. The minimum atomic E-state index is -0.255. The van der Waals surface area contributed by atoms with Crippen molar-refractivity contribution in [2.45, 2.75) is 194 Å². The fraction of sp³-hybridized carbons (Fsp3) is 0.281. The second kappa shape index (κ2) is 45.8. The van der Waals surface area contributed by atoms with Gasteiger partial charge in [-0.2, -0.15) is 26.3 Å². The monoisotopic (exact) mass is 1870 g/mol. The third-order valence-corrected chi connectivity index (χ3v) is 24.0. The van der Waals surface area contributed by atoms with Gasteiger partial charge in [0.1, 0.15) is 71.3 Å². The number of amides is 4. The number of carbonyl (C=O) groups is 4. The van der Waals surface area contributed by atoms with Crippen molar-refractivity contribution in [2.24, 2.45) is 5.92 Å². The van der Waals surface area contributed by atoms with E-state index in [0.717, 1.165) is 191 Å². The molecule has 0 aliphatic heterocycles. The third-order valence-electron chi connectivity index (χ3n) is 24.0. The van der Waals surface area contributed by atoms with Gasteiger partial charge in [-0.1, -0.05) is 97.4 Å². The lowest BCUT2D eigenvalue weighted by atomic mass is 9.85. The Labute approximate surface area is 816 Å². The predicted molar refractivity (Wildman–Crippen MR) is 556 cm³/mol. The summed E-state index contributed by atoms with van der Waals surface area (Å²) in [5.74, 6) is 3.45. The van der Waals surface area contributed by atoms with E-state index in [4.69, 9.17) is 33.9 Å². The molecule has 6 aromatic heterocycles. The number of nitrogens with two attached hydrogens (primary N) is 1. The molecule has 1 fully saturated rings. The van der Waals surface area contributed by atoms with Crippen molar-refractivity contribution in [1.29, 1.82) is 26.3 Å². The van der Waals surface area contributed by atoms with Gasteiger partial charge in [-0.3, -0.25) is 19.2 Å². The summed E-state index contributed by atoms with van der Waals surface area (Å²) in [5.41, 5.74) is 27.9. The zero-order valence-electron chi connectivity index (χ0n) is 82.3. The Kier molecular flexibility index (Phi) is 33.0. The maximum absolute atomic E-state index is 12.5. The third kappa shape index (κ3) is 22.4. The van der Waals surface area contributed by atoms with Crippen molar-refractivity contribution in [3.63, 3.8) is 0 Å². The number of carbonyl (C=O) groups excluding carboxylic acids is 4. The molecule has 1 aliphatic rings. The molecule has 1 aliphatic carbocycles. The van der Waals surface area contributed by atoms with Crippen LogP contribution in [0.25, 0.3) is 111 Å². The molecule has 0 radical (unpaired) electrons. The molecular formula is C114H118N16O10. The van der Waals surface area contributed by atoms with Crippen molar-refractivity contribution < 1.29 is 47.4 Å². The van der Waals surface area contributed by atoms with E-state index in [1.807, 2.05) is 281 Å². The van der Waals surface area contributed by atoms with Crippen molar-refractivity contribution in [1.82, 2.24) is 28.0 Å². The number of aromatic nitrogens is 6. The standard InChI is InChI=1S/C25H27N3O2.C23H20N4O2.C23H25N3O3.C23H25N3O2.C20H21N3O/c1-4-28-23-14-20(30-16(2)3)12-13-21(23)22(15-26)24(28)17-8-10-19(11-9-17)27-25(29)18-6-5-7-18;1-4-27-20-8-6-5-7-18(20)19(13-24)22(27)16-9-11-17(12-10-16)25-23(28)21-14(2)26-29-15(21)3;1-5-26-21-12-18(29-15(2)3)10-11-19(21)20(13-24)23(26)16-6-8-17(9-7-16)25-22(27)14-28-4;1-5-22(27)25-17-9-7-16(8-10-17)23-20(14-24)19-12-11-18(28-15(3)4)13-21(19)26(23)6-2;1-4-23-19-11-16(24-13(2)3)9-10-17(19)18(12-21)20(23)14-5-7-15(22)8-6-14/h8-14,16,18H,4-7H2,1-3H3,(H,27,29);5-12H,4H2,1-3H3,(H,25,28);6-12,15H,5,14H2,1-4H3,(H,25,27);7-13,15H,5-6H2,1-4H3,(H,25,27);5-11,13H,4,22H2,1-3H3. The number of nitrogen functional groups attached to an aromatic ring is 1. The van der Waals surface area contributed by atoms with E-state index >= 15 is 0 Å². The molecule has 0 atom stereocenters. The maximum Gasteiger partial charge on any atom is 0.261 e. The summed E-state index contributed by atoms with van der Waals surface area (Å²) in [7, 11) is 1.48. The SMILES string of the molecule is CCC(=O)Nc1ccc(-c2c(C#N)c3ccc(OC(C)C)cc3n2CC)cc1.CCn1c(-c2ccc(N)cc2)c(C#N)c2ccc(OC(C)C)cc21.CCn1c(-c2ccc(NC(=O)C3CCC3)cc2)c(C#N)c2ccc(OC(C)C)cc21.CCn1c(-c2ccc(NC(=O)COC)cc2)c(C#N)c2ccc(OC(C)C)cc21.CCn1c(-c2ccc(NC(=O)c3c(C)noc3C)cc2)c(C#N)c2ccccc21. The zero-order valence-corrected chi connectivity index (χ0v) is 82.3. The molecule has 6 N–H and O–H groups in total. The van der Waals surface area contributed by atoms with E-state index in [1.165, 1.54) is 7.11 Å². The van der Waals surface area contributed by atoms with Crippen molar-refractivity contribution in [3.8, 4) is 110 Å². The summed E-state index contributed by atoms with van der Waals surface area (Å²) < 4.78 is 44.0. The first-order chi connectivity index (χ1) is 67.6. The summed E-state index contributed by atoms with van der Waals surface area (Å²) in [6, 6.07) is 81.4. The molecule has 714 valence electrons. The van der Waals surface area contributed by atoms with Gasteiger partial charge in [0, 0.05) is 137 Å². The van der Waals surface area contributed by atoms with Crippen molar-refractivity contribution in [3.05, 3.63) is 263 Å². The molecule has 6 heterocycles. The second-order valence-electron chi connectivity index (χ2n) is 34.9. The number of nitrogens with zero attached hydrogens (tertiary/aromatic N) is 11. The van der Waals surface area contributed by atoms with Gasteiger partial charge in [-0.05, 0) is 260 Å².